The van der Waals surface area contributed by atoms with E-state index in [1.807, 2.05) is 65.6 Å². The number of benzene rings is 2. The Morgan fingerprint density at radius 1 is 1.19 bits per heavy atom. The highest BCUT2D eigenvalue weighted by atomic mass is 16.5. The zero-order valence-electron chi connectivity index (χ0n) is 18.0. The van der Waals surface area contributed by atoms with Gasteiger partial charge >= 0.3 is 0 Å². The Labute approximate surface area is 188 Å². The lowest BCUT2D eigenvalue weighted by Gasteiger charge is -2.25. The zero-order valence-corrected chi connectivity index (χ0v) is 18.0. The number of para-hydroxylation sites is 1. The third kappa shape index (κ3) is 4.98. The number of anilines is 1. The first kappa shape index (κ1) is 21.6. The Bertz CT molecular complexity index is 1050. The molecule has 0 aliphatic carbocycles. The van der Waals surface area contributed by atoms with Crippen LogP contribution in [-0.4, -0.2) is 34.9 Å². The second kappa shape index (κ2) is 10.1. The molecule has 0 radical (unpaired) electrons. The van der Waals surface area contributed by atoms with Crippen LogP contribution in [0.1, 0.15) is 30.0 Å². The minimum absolute atomic E-state index is 0.0150. The minimum Gasteiger partial charge on any atom is -0.457 e. The quantitative estimate of drug-likeness (QED) is 0.516. The topological polar surface area (TPSA) is 80.5 Å². The fourth-order valence-corrected chi connectivity index (χ4v) is 4.05. The summed E-state index contributed by atoms with van der Waals surface area (Å²) in [6.07, 6.45) is 6.91. The van der Waals surface area contributed by atoms with Crippen LogP contribution >= 0.6 is 0 Å². The highest BCUT2D eigenvalue weighted by Gasteiger charge is 2.27. The molecule has 1 aliphatic heterocycles. The van der Waals surface area contributed by atoms with E-state index in [0.717, 1.165) is 47.7 Å². The van der Waals surface area contributed by atoms with Gasteiger partial charge in [-0.1, -0.05) is 36.9 Å². The number of pyridine rings is 1. The molecule has 1 aliphatic rings. The minimum atomic E-state index is -0.341. The number of rotatable bonds is 8. The van der Waals surface area contributed by atoms with Crippen LogP contribution in [0.2, 0.25) is 0 Å². The van der Waals surface area contributed by atoms with Gasteiger partial charge in [0.25, 0.3) is 0 Å². The molecular weight excluding hydrogens is 400 g/mol. The molecule has 3 N–H and O–H groups in total. The number of likely N-dealkylation sites (tertiary alicyclic amines) is 1. The predicted octanol–water partition coefficient (Wildman–Crippen LogP) is 4.51. The summed E-state index contributed by atoms with van der Waals surface area (Å²) in [4.78, 5) is 18.2. The third-order valence-corrected chi connectivity index (χ3v) is 5.77. The molecule has 6 nitrogen and oxygen atoms in total. The van der Waals surface area contributed by atoms with E-state index >= 15 is 0 Å². The van der Waals surface area contributed by atoms with E-state index in [4.69, 9.17) is 10.5 Å². The number of amides is 1. The monoisotopic (exact) mass is 428 g/mol. The smallest absolute Gasteiger partial charge is 0.246 e. The Morgan fingerprint density at radius 3 is 2.69 bits per heavy atom. The summed E-state index contributed by atoms with van der Waals surface area (Å²) in [5, 5.41) is 3.49. The van der Waals surface area contributed by atoms with Gasteiger partial charge in [-0.2, -0.15) is 0 Å². The van der Waals surface area contributed by atoms with Crippen molar-refractivity contribution in [2.45, 2.75) is 24.9 Å². The van der Waals surface area contributed by atoms with E-state index in [1.54, 1.807) is 12.4 Å². The van der Waals surface area contributed by atoms with Gasteiger partial charge in [0.15, 0.2) is 0 Å². The number of hydrogen-bond acceptors (Lipinski definition) is 5. The average Bonchev–Trinajstić information content (AvgIpc) is 3.32. The van der Waals surface area contributed by atoms with Crippen molar-refractivity contribution in [3.63, 3.8) is 0 Å². The van der Waals surface area contributed by atoms with Gasteiger partial charge in [0.1, 0.15) is 11.5 Å². The summed E-state index contributed by atoms with van der Waals surface area (Å²) in [6.45, 7) is 5.05. The van der Waals surface area contributed by atoms with Crippen LogP contribution in [0.4, 0.5) is 5.69 Å². The van der Waals surface area contributed by atoms with E-state index in [1.165, 1.54) is 6.08 Å². The Hall–Kier alpha value is -3.64. The second-order valence-corrected chi connectivity index (χ2v) is 7.84. The maximum Gasteiger partial charge on any atom is 0.246 e. The van der Waals surface area contributed by atoms with Gasteiger partial charge in [-0.15, -0.1) is 0 Å². The van der Waals surface area contributed by atoms with Crippen molar-refractivity contribution >= 4 is 11.6 Å². The third-order valence-electron chi connectivity index (χ3n) is 5.77. The highest BCUT2D eigenvalue weighted by molar-refractivity contribution is 5.87. The fourth-order valence-electron chi connectivity index (χ4n) is 4.05. The summed E-state index contributed by atoms with van der Waals surface area (Å²) in [5.74, 6) is 1.53. The maximum atomic E-state index is 12.1. The first-order valence-corrected chi connectivity index (χ1v) is 10.8. The predicted molar refractivity (Wildman–Crippen MR) is 127 cm³/mol. The van der Waals surface area contributed by atoms with Crippen LogP contribution in [0.3, 0.4) is 0 Å². The normalized spacial score (nSPS) is 16.4. The summed E-state index contributed by atoms with van der Waals surface area (Å²) >= 11 is 0. The second-order valence-electron chi connectivity index (χ2n) is 7.84. The number of hydrogen-bond donors (Lipinski definition) is 2. The summed E-state index contributed by atoms with van der Waals surface area (Å²) < 4.78 is 5.87. The number of aromatic nitrogens is 1. The highest BCUT2D eigenvalue weighted by Crippen LogP contribution is 2.29. The molecule has 2 atom stereocenters. The van der Waals surface area contributed by atoms with Crippen LogP contribution in [0.15, 0.2) is 85.7 Å². The average molecular weight is 429 g/mol. The molecular formula is C26H28N4O2. The van der Waals surface area contributed by atoms with Crippen LogP contribution in [0.5, 0.6) is 11.5 Å². The van der Waals surface area contributed by atoms with Gasteiger partial charge in [-0.3, -0.25) is 9.78 Å². The molecule has 2 heterocycles. The molecule has 0 spiro atoms. The lowest BCUT2D eigenvalue weighted by atomic mass is 9.99. The van der Waals surface area contributed by atoms with Gasteiger partial charge in [-0.05, 0) is 54.8 Å². The van der Waals surface area contributed by atoms with E-state index in [-0.39, 0.29) is 18.0 Å². The van der Waals surface area contributed by atoms with Crippen molar-refractivity contribution in [3.05, 3.63) is 96.8 Å². The molecule has 1 amide bonds. The molecule has 1 unspecified atom stereocenters. The van der Waals surface area contributed by atoms with Gasteiger partial charge in [0.05, 0.1) is 6.04 Å². The van der Waals surface area contributed by atoms with Crippen molar-refractivity contribution in [2.75, 3.05) is 18.4 Å². The maximum absolute atomic E-state index is 12.1. The lowest BCUT2D eigenvalue weighted by molar-refractivity contribution is -0.126. The molecule has 1 aromatic heterocycles. The lowest BCUT2D eigenvalue weighted by Crippen LogP contribution is -2.38. The number of carbonyl (C=O) groups is 1. The number of nitrogens with zero attached hydrogens (tertiary/aromatic N) is 2. The van der Waals surface area contributed by atoms with Crippen molar-refractivity contribution in [2.24, 2.45) is 5.73 Å². The van der Waals surface area contributed by atoms with Gasteiger partial charge in [0, 0.05) is 42.8 Å². The van der Waals surface area contributed by atoms with Gasteiger partial charge in [-0.25, -0.2) is 0 Å². The molecule has 4 rings (SSSR count). The number of nitrogens with one attached hydrogen (secondary N) is 1. The van der Waals surface area contributed by atoms with Crippen molar-refractivity contribution in [1.82, 2.24) is 9.88 Å². The molecule has 32 heavy (non-hydrogen) atoms. The molecule has 0 bridgehead atoms. The first-order valence-electron chi connectivity index (χ1n) is 10.8. The molecule has 3 aromatic rings. The van der Waals surface area contributed by atoms with Crippen molar-refractivity contribution in [3.8, 4) is 11.5 Å². The number of nitrogens with two attached hydrogens (primary N) is 1. The first-order chi connectivity index (χ1) is 15.7. The van der Waals surface area contributed by atoms with E-state index in [2.05, 4.69) is 16.9 Å². The molecule has 1 saturated heterocycles. The largest absolute Gasteiger partial charge is 0.457 e. The van der Waals surface area contributed by atoms with Crippen molar-refractivity contribution < 1.29 is 9.53 Å². The Kier molecular flexibility index (Phi) is 6.82. The van der Waals surface area contributed by atoms with E-state index < -0.39 is 0 Å². The van der Waals surface area contributed by atoms with Gasteiger partial charge < -0.3 is 20.7 Å². The van der Waals surface area contributed by atoms with Gasteiger partial charge in [0.2, 0.25) is 5.91 Å². The SMILES string of the molecule is C=CC(=O)N1CCC[C@@H]1CNc1ccncc1C(N)c1ccc(Oc2ccccc2)cc1. The molecule has 164 valence electrons. The van der Waals surface area contributed by atoms with E-state index in [9.17, 15) is 4.79 Å². The number of carbonyl (C=O) groups excluding carboxylic acids is 1. The summed E-state index contributed by atoms with van der Waals surface area (Å²) in [5.41, 5.74) is 9.40. The molecule has 6 heteroatoms. The molecule has 1 fully saturated rings. The van der Waals surface area contributed by atoms with Crippen molar-refractivity contribution in [1.29, 1.82) is 0 Å². The molecule has 0 saturated carbocycles. The van der Waals surface area contributed by atoms with E-state index in [0.29, 0.717) is 6.54 Å². The molecule has 2 aromatic carbocycles. The zero-order chi connectivity index (χ0) is 22.3. The Balaban J connectivity index is 1.44. The summed E-state index contributed by atoms with van der Waals surface area (Å²) in [6, 6.07) is 19.2. The standard InChI is InChI=1S/C26H28N4O2/c1-2-25(31)30-16-6-7-20(30)17-29-24-14-15-28-18-23(24)26(27)19-10-12-22(13-11-19)32-21-8-4-3-5-9-21/h2-5,8-15,18,20,26H,1,6-7,16-17,27H2,(H,28,29)/t20-,26?/m1/s1. The fraction of sp³-hybridized carbons (Fsp3) is 0.231. The Morgan fingerprint density at radius 2 is 1.94 bits per heavy atom. The van der Waals surface area contributed by atoms with Crippen LogP contribution in [0.25, 0.3) is 0 Å². The number of ether oxygens (including phenoxy) is 1. The van der Waals surface area contributed by atoms with Crippen LogP contribution < -0.4 is 15.8 Å². The summed E-state index contributed by atoms with van der Waals surface area (Å²) in [7, 11) is 0. The van der Waals surface area contributed by atoms with Crippen LogP contribution in [0, 0.1) is 0 Å². The van der Waals surface area contributed by atoms with Crippen LogP contribution in [-0.2, 0) is 4.79 Å².